The van der Waals surface area contributed by atoms with Crippen molar-refractivity contribution in [3.05, 3.63) is 111 Å². The van der Waals surface area contributed by atoms with E-state index < -0.39 is 4.92 Å². The Bertz CT molecular complexity index is 1110. The Morgan fingerprint density at radius 2 is 1.37 bits per heavy atom. The normalized spacial score (nSPS) is 12.4. The zero-order chi connectivity index (χ0) is 21.1. The van der Waals surface area contributed by atoms with Gasteiger partial charge in [0, 0.05) is 17.7 Å². The highest BCUT2D eigenvalue weighted by atomic mass is 16.6. The van der Waals surface area contributed by atoms with Crippen molar-refractivity contribution in [3.8, 4) is 11.1 Å². The van der Waals surface area contributed by atoms with Crippen molar-refractivity contribution in [2.24, 2.45) is 0 Å². The van der Waals surface area contributed by atoms with Gasteiger partial charge in [-0.05, 0) is 53.8 Å². The van der Waals surface area contributed by atoms with Gasteiger partial charge in [0.15, 0.2) is 6.20 Å². The van der Waals surface area contributed by atoms with Crippen LogP contribution in [0.25, 0.3) is 16.7 Å². The van der Waals surface area contributed by atoms with Crippen LogP contribution >= 0.6 is 0 Å². The average molecular weight is 398 g/mol. The van der Waals surface area contributed by atoms with Crippen LogP contribution < -0.4 is 0 Å². The third kappa shape index (κ3) is 3.62. The fourth-order valence-corrected chi connectivity index (χ4v) is 3.89. The van der Waals surface area contributed by atoms with Gasteiger partial charge >= 0.3 is 0 Å². The summed E-state index contributed by atoms with van der Waals surface area (Å²) < 4.78 is 0.955. The van der Waals surface area contributed by atoms with Crippen molar-refractivity contribution >= 4 is 17.0 Å². The summed E-state index contributed by atoms with van der Waals surface area (Å²) >= 11 is 0. The van der Waals surface area contributed by atoms with Crippen LogP contribution in [0.15, 0.2) is 79.0 Å². The summed E-state index contributed by atoms with van der Waals surface area (Å²) in [5.74, 6) is 0. The molecule has 0 N–H and O–H groups in total. The highest BCUT2D eigenvalue weighted by Gasteiger charge is 2.29. The molecule has 0 heterocycles. The smallest absolute Gasteiger partial charge is 0.269 e. The quantitative estimate of drug-likeness (QED) is 0.169. The Hall–Kier alpha value is -3.73. The molecular formula is C25H22N2O3. The molecule has 0 fully saturated rings. The molecule has 0 aromatic heterocycles. The lowest BCUT2D eigenvalue weighted by Crippen LogP contribution is -2.12. The third-order valence-corrected chi connectivity index (χ3v) is 5.40. The summed E-state index contributed by atoms with van der Waals surface area (Å²) in [6.45, 7) is 2.10. The molecular weight excluding hydrogens is 376 g/mol. The van der Waals surface area contributed by atoms with Crippen molar-refractivity contribution < 1.29 is 9.66 Å². The number of non-ortho nitro benzene ring substituents is 1. The van der Waals surface area contributed by atoms with Crippen molar-refractivity contribution in [2.75, 3.05) is 0 Å². The summed E-state index contributed by atoms with van der Waals surface area (Å²) in [4.78, 5) is 10.6. The summed E-state index contributed by atoms with van der Waals surface area (Å²) in [5.41, 5.74) is 6.33. The second-order valence-electron chi connectivity index (χ2n) is 7.33. The van der Waals surface area contributed by atoms with Crippen LogP contribution in [0.1, 0.15) is 42.9 Å². The van der Waals surface area contributed by atoms with E-state index in [2.05, 4.69) is 6.92 Å². The second-order valence-corrected chi connectivity index (χ2v) is 7.33. The standard InChI is InChI=1S/C25H22N2O3/c1-2-3-8-19(18-13-15-20(16-14-18)27(29)30)17-26(28)25-23-11-6-4-9-21(23)22-10-5-7-12-24(22)25/h4-7,9-17H,2-3,8H2,1H3/b19-17+. The van der Waals surface area contributed by atoms with E-state index >= 15 is 0 Å². The molecule has 0 saturated heterocycles. The molecule has 5 nitrogen and oxygen atoms in total. The molecule has 0 saturated carbocycles. The van der Waals surface area contributed by atoms with Gasteiger partial charge in [-0.2, -0.15) is 4.74 Å². The van der Waals surface area contributed by atoms with Crippen molar-refractivity contribution in [3.63, 3.8) is 0 Å². The highest BCUT2D eigenvalue weighted by Crippen LogP contribution is 2.36. The van der Waals surface area contributed by atoms with Gasteiger partial charge in [0.25, 0.3) is 5.69 Å². The number of fused-ring (bicyclic) bond motifs is 3. The topological polar surface area (TPSA) is 69.2 Å². The molecule has 0 radical (unpaired) electrons. The number of nitrogens with zero attached hydrogens (tertiary/aromatic N) is 2. The van der Waals surface area contributed by atoms with Gasteiger partial charge in [-0.25, -0.2) is 0 Å². The van der Waals surface area contributed by atoms with Crippen molar-refractivity contribution in [1.82, 2.24) is 0 Å². The number of allylic oxidation sites excluding steroid dienone is 1. The van der Waals surface area contributed by atoms with Crippen LogP contribution in [0.4, 0.5) is 5.69 Å². The molecule has 150 valence electrons. The largest absolute Gasteiger partial charge is 0.618 e. The first-order valence-corrected chi connectivity index (χ1v) is 10.1. The first kappa shape index (κ1) is 19.6. The maximum absolute atomic E-state index is 13.4. The summed E-state index contributed by atoms with van der Waals surface area (Å²) in [5, 5.41) is 24.4. The van der Waals surface area contributed by atoms with Crippen LogP contribution in [0.3, 0.4) is 0 Å². The Morgan fingerprint density at radius 1 is 0.833 bits per heavy atom. The van der Waals surface area contributed by atoms with Gasteiger partial charge in [0.1, 0.15) is 0 Å². The number of hydroxylamine groups is 1. The number of nitro benzene ring substituents is 1. The van der Waals surface area contributed by atoms with Gasteiger partial charge in [-0.1, -0.05) is 49.7 Å². The third-order valence-electron chi connectivity index (χ3n) is 5.40. The van der Waals surface area contributed by atoms with Gasteiger partial charge < -0.3 is 5.21 Å². The fraction of sp³-hybridized carbons (Fsp3) is 0.160. The molecule has 0 amide bonds. The van der Waals surface area contributed by atoms with Crippen LogP contribution in [0.5, 0.6) is 0 Å². The number of hydrogen-bond acceptors (Lipinski definition) is 3. The monoisotopic (exact) mass is 398 g/mol. The van der Waals surface area contributed by atoms with E-state index in [0.29, 0.717) is 5.71 Å². The van der Waals surface area contributed by atoms with Crippen LogP contribution in [0.2, 0.25) is 0 Å². The first-order chi connectivity index (χ1) is 14.6. The van der Waals surface area contributed by atoms with E-state index in [-0.39, 0.29) is 5.69 Å². The minimum atomic E-state index is -0.415. The van der Waals surface area contributed by atoms with Crippen LogP contribution in [0, 0.1) is 15.3 Å². The Kier molecular flexibility index (Phi) is 5.44. The zero-order valence-corrected chi connectivity index (χ0v) is 16.7. The highest BCUT2D eigenvalue weighted by molar-refractivity contribution is 6.22. The Labute approximate surface area is 175 Å². The van der Waals surface area contributed by atoms with E-state index in [4.69, 9.17) is 0 Å². The molecule has 3 aromatic rings. The maximum Gasteiger partial charge on any atom is 0.269 e. The van der Waals surface area contributed by atoms with Gasteiger partial charge in [-0.15, -0.1) is 0 Å². The number of unbranched alkanes of at least 4 members (excludes halogenated alkanes) is 1. The molecule has 0 atom stereocenters. The minimum Gasteiger partial charge on any atom is -0.618 e. The zero-order valence-electron chi connectivity index (χ0n) is 16.7. The molecule has 30 heavy (non-hydrogen) atoms. The summed E-state index contributed by atoms with van der Waals surface area (Å²) in [6.07, 6.45) is 4.28. The molecule has 1 aliphatic rings. The molecule has 4 rings (SSSR count). The van der Waals surface area contributed by atoms with Crippen LogP contribution in [-0.2, 0) is 0 Å². The SMILES string of the molecule is CCCC/C(=C\[N+]([O-])=C1c2ccccc2-c2ccccc21)c1ccc([N+](=O)[O-])cc1. The van der Waals surface area contributed by atoms with E-state index in [9.17, 15) is 15.3 Å². The molecule has 1 aliphatic carbocycles. The lowest BCUT2D eigenvalue weighted by Gasteiger charge is -2.09. The predicted octanol–water partition coefficient (Wildman–Crippen LogP) is 6.15. The molecule has 0 spiro atoms. The number of rotatable bonds is 6. The molecule has 0 aliphatic heterocycles. The summed E-state index contributed by atoms with van der Waals surface area (Å²) in [7, 11) is 0. The number of hydrogen-bond donors (Lipinski definition) is 0. The van der Waals surface area contributed by atoms with Gasteiger partial charge in [0.2, 0.25) is 5.71 Å². The second kappa shape index (κ2) is 8.33. The molecule has 0 bridgehead atoms. The van der Waals surface area contributed by atoms with Crippen molar-refractivity contribution in [2.45, 2.75) is 26.2 Å². The Morgan fingerprint density at radius 3 is 1.87 bits per heavy atom. The lowest BCUT2D eigenvalue weighted by atomic mass is 10.0. The Balaban J connectivity index is 1.83. The van der Waals surface area contributed by atoms with Gasteiger partial charge in [-0.3, -0.25) is 10.1 Å². The minimum absolute atomic E-state index is 0.0422. The lowest BCUT2D eigenvalue weighted by molar-refractivity contribution is -0.384. The fourth-order valence-electron chi connectivity index (χ4n) is 3.89. The van der Waals surface area contributed by atoms with Crippen LogP contribution in [-0.4, -0.2) is 15.4 Å². The number of benzene rings is 3. The predicted molar refractivity (Wildman–Crippen MR) is 119 cm³/mol. The van der Waals surface area contributed by atoms with E-state index in [1.165, 1.54) is 12.1 Å². The first-order valence-electron chi connectivity index (χ1n) is 10.1. The molecule has 5 heteroatoms. The van der Waals surface area contributed by atoms with E-state index in [1.807, 2.05) is 48.5 Å². The molecule has 0 unspecified atom stereocenters. The number of nitro groups is 1. The maximum atomic E-state index is 13.4. The molecule has 3 aromatic carbocycles. The van der Waals surface area contributed by atoms with E-state index in [0.717, 1.165) is 57.4 Å². The van der Waals surface area contributed by atoms with E-state index in [1.54, 1.807) is 18.3 Å². The van der Waals surface area contributed by atoms with Crippen molar-refractivity contribution in [1.29, 1.82) is 0 Å². The van der Waals surface area contributed by atoms with Gasteiger partial charge in [0.05, 0.1) is 16.1 Å². The summed E-state index contributed by atoms with van der Waals surface area (Å²) in [6, 6.07) is 22.3. The average Bonchev–Trinajstić information content (AvgIpc) is 3.11.